The molecule has 0 aromatic heterocycles. The largest absolute Gasteiger partial charge is 0.372 e. The summed E-state index contributed by atoms with van der Waals surface area (Å²) in [7, 11) is 0. The second-order valence-electron chi connectivity index (χ2n) is 7.37. The number of nitrogens with zero attached hydrogens (tertiary/aromatic N) is 2. The Kier molecular flexibility index (Phi) is 6.34. The van der Waals surface area contributed by atoms with E-state index < -0.39 is 0 Å². The summed E-state index contributed by atoms with van der Waals surface area (Å²) < 4.78 is 0. The average Bonchev–Trinajstić information content (AvgIpc) is 3.06. The number of benzene rings is 2. The summed E-state index contributed by atoms with van der Waals surface area (Å²) in [4.78, 5) is 29.0. The number of rotatable bonds is 7. The lowest BCUT2D eigenvalue weighted by Crippen LogP contribution is -2.28. The summed E-state index contributed by atoms with van der Waals surface area (Å²) >= 11 is 0. The van der Waals surface area contributed by atoms with Crippen LogP contribution in [-0.2, 0) is 16.1 Å². The summed E-state index contributed by atoms with van der Waals surface area (Å²) in [5.41, 5.74) is 4.20. The summed E-state index contributed by atoms with van der Waals surface area (Å²) in [5.74, 6) is -0.353. The van der Waals surface area contributed by atoms with E-state index in [1.54, 1.807) is 4.90 Å². The molecule has 1 saturated heterocycles. The van der Waals surface area contributed by atoms with E-state index in [0.717, 1.165) is 30.0 Å². The normalized spacial score (nSPS) is 16.3. The second-order valence-corrected chi connectivity index (χ2v) is 7.37. The Morgan fingerprint density at radius 3 is 2.32 bits per heavy atom. The minimum Gasteiger partial charge on any atom is -0.372 e. The number of hydrogen-bond acceptors (Lipinski definition) is 3. The molecule has 0 bridgehead atoms. The standard InChI is InChI=1S/C23H29N3O2/c1-4-25(5-2)21-12-10-20(11-13-21)24-23(28)19-14-22(27)26(16-19)15-18-8-6-17(3)7-9-18/h6-13,19H,4-5,14-16H2,1-3H3,(H,24,28). The summed E-state index contributed by atoms with van der Waals surface area (Å²) in [6, 6.07) is 16.0. The Morgan fingerprint density at radius 1 is 1.07 bits per heavy atom. The van der Waals surface area contributed by atoms with Crippen molar-refractivity contribution in [2.45, 2.75) is 33.7 Å². The van der Waals surface area contributed by atoms with Crippen molar-refractivity contribution < 1.29 is 9.59 Å². The number of carbonyl (C=O) groups is 2. The van der Waals surface area contributed by atoms with Gasteiger partial charge in [-0.25, -0.2) is 0 Å². The molecule has 0 saturated carbocycles. The quantitative estimate of drug-likeness (QED) is 0.795. The summed E-state index contributed by atoms with van der Waals surface area (Å²) in [5, 5.41) is 2.96. The van der Waals surface area contributed by atoms with Gasteiger partial charge in [0.25, 0.3) is 0 Å². The highest BCUT2D eigenvalue weighted by atomic mass is 16.2. The molecule has 1 aliphatic rings. The van der Waals surface area contributed by atoms with E-state index in [-0.39, 0.29) is 24.2 Å². The van der Waals surface area contributed by atoms with Gasteiger partial charge in [-0.2, -0.15) is 0 Å². The number of nitrogens with one attached hydrogen (secondary N) is 1. The van der Waals surface area contributed by atoms with E-state index in [2.05, 4.69) is 24.1 Å². The van der Waals surface area contributed by atoms with Crippen LogP contribution < -0.4 is 10.2 Å². The smallest absolute Gasteiger partial charge is 0.229 e. The number of carbonyl (C=O) groups excluding carboxylic acids is 2. The maximum atomic E-state index is 12.6. The second kappa shape index (κ2) is 8.91. The summed E-state index contributed by atoms with van der Waals surface area (Å²) in [6.45, 7) is 9.21. The molecule has 1 atom stereocenters. The molecule has 3 rings (SSSR count). The van der Waals surface area contributed by atoms with Gasteiger partial charge in [0.1, 0.15) is 0 Å². The molecule has 5 nitrogen and oxygen atoms in total. The molecule has 1 aliphatic heterocycles. The van der Waals surface area contributed by atoms with Gasteiger partial charge in [0, 0.05) is 44.0 Å². The van der Waals surface area contributed by atoms with Crippen LogP contribution in [0.4, 0.5) is 11.4 Å². The van der Waals surface area contributed by atoms with Crippen LogP contribution in [0.5, 0.6) is 0 Å². The van der Waals surface area contributed by atoms with E-state index in [9.17, 15) is 9.59 Å². The fourth-order valence-corrected chi connectivity index (χ4v) is 3.60. The number of likely N-dealkylation sites (tertiary alicyclic amines) is 1. The zero-order chi connectivity index (χ0) is 20.1. The van der Waals surface area contributed by atoms with Crippen molar-refractivity contribution in [3.05, 3.63) is 59.7 Å². The van der Waals surface area contributed by atoms with Crippen LogP contribution in [0.15, 0.2) is 48.5 Å². The number of hydrogen-bond donors (Lipinski definition) is 1. The van der Waals surface area contributed by atoms with Gasteiger partial charge in [-0.15, -0.1) is 0 Å². The van der Waals surface area contributed by atoms with Crippen molar-refractivity contribution in [2.24, 2.45) is 5.92 Å². The molecule has 1 heterocycles. The SMILES string of the molecule is CCN(CC)c1ccc(NC(=O)C2CC(=O)N(Cc3ccc(C)cc3)C2)cc1. The molecule has 2 aromatic carbocycles. The Labute approximate surface area is 167 Å². The molecule has 1 N–H and O–H groups in total. The highest BCUT2D eigenvalue weighted by molar-refractivity contribution is 5.97. The third-order valence-corrected chi connectivity index (χ3v) is 5.34. The van der Waals surface area contributed by atoms with E-state index >= 15 is 0 Å². The van der Waals surface area contributed by atoms with Gasteiger partial charge in [-0.1, -0.05) is 29.8 Å². The van der Waals surface area contributed by atoms with Gasteiger partial charge in [0.2, 0.25) is 11.8 Å². The first kappa shape index (κ1) is 19.9. The van der Waals surface area contributed by atoms with Gasteiger partial charge in [-0.3, -0.25) is 9.59 Å². The van der Waals surface area contributed by atoms with Crippen LogP contribution in [0.25, 0.3) is 0 Å². The van der Waals surface area contributed by atoms with Crippen LogP contribution >= 0.6 is 0 Å². The number of anilines is 2. The molecule has 0 spiro atoms. The maximum Gasteiger partial charge on any atom is 0.229 e. The molecule has 0 aliphatic carbocycles. The van der Waals surface area contributed by atoms with Crippen molar-refractivity contribution in [2.75, 3.05) is 29.9 Å². The topological polar surface area (TPSA) is 52.7 Å². The van der Waals surface area contributed by atoms with Crippen molar-refractivity contribution in [1.82, 2.24) is 4.90 Å². The predicted molar refractivity (Wildman–Crippen MR) is 113 cm³/mol. The third kappa shape index (κ3) is 4.71. The lowest BCUT2D eigenvalue weighted by atomic mass is 10.1. The van der Waals surface area contributed by atoms with Crippen molar-refractivity contribution in [1.29, 1.82) is 0 Å². The average molecular weight is 380 g/mol. The number of aryl methyl sites for hydroxylation is 1. The van der Waals surface area contributed by atoms with Crippen LogP contribution in [0.1, 0.15) is 31.4 Å². The Morgan fingerprint density at radius 2 is 1.71 bits per heavy atom. The molecule has 1 unspecified atom stereocenters. The van der Waals surface area contributed by atoms with Crippen LogP contribution in [0.3, 0.4) is 0 Å². The first-order valence-corrected chi connectivity index (χ1v) is 9.99. The summed E-state index contributed by atoms with van der Waals surface area (Å²) in [6.07, 6.45) is 0.273. The lowest BCUT2D eigenvalue weighted by Gasteiger charge is -2.21. The van der Waals surface area contributed by atoms with Gasteiger partial charge >= 0.3 is 0 Å². The Hall–Kier alpha value is -2.82. The van der Waals surface area contributed by atoms with E-state index in [4.69, 9.17) is 0 Å². The first-order chi connectivity index (χ1) is 13.5. The molecule has 2 aromatic rings. The van der Waals surface area contributed by atoms with Gasteiger partial charge in [0.05, 0.1) is 5.92 Å². The highest BCUT2D eigenvalue weighted by Crippen LogP contribution is 2.23. The fourth-order valence-electron chi connectivity index (χ4n) is 3.60. The molecule has 1 fully saturated rings. The van der Waals surface area contributed by atoms with E-state index in [1.807, 2.05) is 55.5 Å². The Balaban J connectivity index is 1.57. The molecule has 2 amide bonds. The van der Waals surface area contributed by atoms with Crippen molar-refractivity contribution in [3.8, 4) is 0 Å². The molecule has 28 heavy (non-hydrogen) atoms. The molecular weight excluding hydrogens is 350 g/mol. The van der Waals surface area contributed by atoms with Gasteiger partial charge < -0.3 is 15.1 Å². The molecule has 148 valence electrons. The first-order valence-electron chi connectivity index (χ1n) is 9.99. The predicted octanol–water partition coefficient (Wildman–Crippen LogP) is 3.83. The monoisotopic (exact) mass is 379 g/mol. The zero-order valence-corrected chi connectivity index (χ0v) is 16.9. The van der Waals surface area contributed by atoms with Crippen LogP contribution in [0.2, 0.25) is 0 Å². The molecular formula is C23H29N3O2. The van der Waals surface area contributed by atoms with E-state index in [0.29, 0.717) is 13.1 Å². The maximum absolute atomic E-state index is 12.6. The highest BCUT2D eigenvalue weighted by Gasteiger charge is 2.34. The third-order valence-electron chi connectivity index (χ3n) is 5.34. The number of amides is 2. The van der Waals surface area contributed by atoms with Crippen LogP contribution in [-0.4, -0.2) is 36.3 Å². The van der Waals surface area contributed by atoms with Gasteiger partial charge in [0.15, 0.2) is 0 Å². The Bertz CT molecular complexity index is 811. The molecule has 5 heteroatoms. The van der Waals surface area contributed by atoms with Gasteiger partial charge in [-0.05, 0) is 50.6 Å². The van der Waals surface area contributed by atoms with Crippen molar-refractivity contribution in [3.63, 3.8) is 0 Å². The molecule has 0 radical (unpaired) electrons. The van der Waals surface area contributed by atoms with E-state index in [1.165, 1.54) is 5.56 Å². The van der Waals surface area contributed by atoms with Crippen molar-refractivity contribution >= 4 is 23.2 Å². The fraction of sp³-hybridized carbons (Fsp3) is 0.391. The lowest BCUT2D eigenvalue weighted by molar-refractivity contribution is -0.128. The zero-order valence-electron chi connectivity index (χ0n) is 16.9. The minimum absolute atomic E-state index is 0.0395. The van der Waals surface area contributed by atoms with Crippen LogP contribution in [0, 0.1) is 12.8 Å². The minimum atomic E-state index is -0.305.